The second kappa shape index (κ2) is 10.9. The molecular formula is C20H23NO5. The minimum atomic E-state index is -0.596. The number of methoxy groups -OCH3 is 1. The molecule has 0 saturated carbocycles. The summed E-state index contributed by atoms with van der Waals surface area (Å²) in [5, 5.41) is 2.57. The van der Waals surface area contributed by atoms with Gasteiger partial charge in [-0.1, -0.05) is 48.5 Å². The van der Waals surface area contributed by atoms with Crippen LogP contribution in [0.25, 0.3) is 0 Å². The fourth-order valence-electron chi connectivity index (χ4n) is 2.27. The third-order valence-electron chi connectivity index (χ3n) is 3.55. The molecule has 0 saturated heterocycles. The minimum absolute atomic E-state index is 0.253. The first-order valence-electron chi connectivity index (χ1n) is 8.35. The van der Waals surface area contributed by atoms with Crippen LogP contribution >= 0.6 is 0 Å². The fraction of sp³-hybridized carbons (Fsp3) is 0.300. The lowest BCUT2D eigenvalue weighted by atomic mass is 10.0. The van der Waals surface area contributed by atoms with E-state index in [1.165, 1.54) is 0 Å². The van der Waals surface area contributed by atoms with E-state index in [0.717, 1.165) is 11.1 Å². The highest BCUT2D eigenvalue weighted by Crippen LogP contribution is 2.21. The average molecular weight is 357 g/mol. The Morgan fingerprint density at radius 3 is 2.46 bits per heavy atom. The van der Waals surface area contributed by atoms with Gasteiger partial charge in [0.1, 0.15) is 5.75 Å². The molecule has 0 unspecified atom stereocenters. The van der Waals surface area contributed by atoms with Crippen LogP contribution in [-0.4, -0.2) is 45.4 Å². The van der Waals surface area contributed by atoms with Gasteiger partial charge in [0.25, 0.3) is 5.91 Å². The zero-order valence-corrected chi connectivity index (χ0v) is 14.8. The van der Waals surface area contributed by atoms with Crippen LogP contribution in [0.15, 0.2) is 54.6 Å². The van der Waals surface area contributed by atoms with Crippen molar-refractivity contribution in [1.82, 2.24) is 5.32 Å². The van der Waals surface area contributed by atoms with Gasteiger partial charge in [-0.15, -0.1) is 0 Å². The van der Waals surface area contributed by atoms with Gasteiger partial charge in [-0.25, -0.2) is 4.79 Å². The Hall–Kier alpha value is -2.86. The predicted molar refractivity (Wildman–Crippen MR) is 97.0 cm³/mol. The molecular weight excluding hydrogens is 334 g/mol. The van der Waals surface area contributed by atoms with Crippen LogP contribution < -0.4 is 10.1 Å². The van der Waals surface area contributed by atoms with Crippen molar-refractivity contribution in [3.05, 3.63) is 65.7 Å². The maximum Gasteiger partial charge on any atom is 0.344 e. The topological polar surface area (TPSA) is 73.9 Å². The van der Waals surface area contributed by atoms with Crippen LogP contribution in [0, 0.1) is 0 Å². The molecule has 0 aromatic heterocycles. The van der Waals surface area contributed by atoms with E-state index < -0.39 is 5.97 Å². The summed E-state index contributed by atoms with van der Waals surface area (Å²) in [6.45, 7) is 0.186. The summed E-state index contributed by atoms with van der Waals surface area (Å²) in [6, 6.07) is 17.5. The van der Waals surface area contributed by atoms with E-state index in [2.05, 4.69) is 5.32 Å². The average Bonchev–Trinajstić information content (AvgIpc) is 2.67. The third-order valence-corrected chi connectivity index (χ3v) is 3.55. The van der Waals surface area contributed by atoms with Crippen LogP contribution in [0.1, 0.15) is 11.1 Å². The molecule has 26 heavy (non-hydrogen) atoms. The van der Waals surface area contributed by atoms with Gasteiger partial charge < -0.3 is 19.5 Å². The Kier molecular flexibility index (Phi) is 8.15. The molecule has 0 bridgehead atoms. The van der Waals surface area contributed by atoms with Crippen LogP contribution in [0.3, 0.4) is 0 Å². The highest BCUT2D eigenvalue weighted by atomic mass is 16.6. The molecule has 2 aromatic rings. The molecule has 6 nitrogen and oxygen atoms in total. The molecule has 2 rings (SSSR count). The number of ether oxygens (including phenoxy) is 3. The number of amides is 1. The summed E-state index contributed by atoms with van der Waals surface area (Å²) in [7, 11) is 1.54. The van der Waals surface area contributed by atoms with E-state index >= 15 is 0 Å². The number of para-hydroxylation sites is 1. The SMILES string of the molecule is COCCNC(=O)COC(=O)COc1ccccc1Cc1ccccc1. The summed E-state index contributed by atoms with van der Waals surface area (Å²) < 4.78 is 15.3. The largest absolute Gasteiger partial charge is 0.482 e. The van der Waals surface area contributed by atoms with E-state index in [4.69, 9.17) is 14.2 Å². The van der Waals surface area contributed by atoms with Crippen LogP contribution in [0.5, 0.6) is 5.75 Å². The lowest BCUT2D eigenvalue weighted by molar-refractivity contribution is -0.150. The van der Waals surface area contributed by atoms with Crippen molar-refractivity contribution < 1.29 is 23.8 Å². The molecule has 0 fully saturated rings. The first-order valence-corrected chi connectivity index (χ1v) is 8.35. The predicted octanol–water partition coefficient (Wildman–Crippen LogP) is 1.96. The molecule has 0 spiro atoms. The van der Waals surface area contributed by atoms with Gasteiger partial charge in [-0.3, -0.25) is 4.79 Å². The normalized spacial score (nSPS) is 10.2. The Labute approximate surface area is 153 Å². The highest BCUT2D eigenvalue weighted by molar-refractivity contribution is 5.80. The number of carbonyl (C=O) groups is 2. The molecule has 138 valence electrons. The van der Waals surface area contributed by atoms with Crippen molar-refractivity contribution in [2.75, 3.05) is 33.5 Å². The van der Waals surface area contributed by atoms with Crippen molar-refractivity contribution in [3.63, 3.8) is 0 Å². The van der Waals surface area contributed by atoms with Crippen molar-refractivity contribution in [2.45, 2.75) is 6.42 Å². The van der Waals surface area contributed by atoms with Gasteiger partial charge in [0.05, 0.1) is 6.61 Å². The number of rotatable bonds is 10. The summed E-state index contributed by atoms with van der Waals surface area (Å²) in [5.41, 5.74) is 2.13. The summed E-state index contributed by atoms with van der Waals surface area (Å²) >= 11 is 0. The van der Waals surface area contributed by atoms with Crippen molar-refractivity contribution in [2.24, 2.45) is 0 Å². The van der Waals surface area contributed by atoms with Crippen molar-refractivity contribution >= 4 is 11.9 Å². The zero-order valence-electron chi connectivity index (χ0n) is 14.8. The lowest BCUT2D eigenvalue weighted by Gasteiger charge is -2.11. The number of carbonyl (C=O) groups excluding carboxylic acids is 2. The molecule has 1 amide bonds. The smallest absolute Gasteiger partial charge is 0.344 e. The molecule has 0 aliphatic carbocycles. The number of hydrogen-bond donors (Lipinski definition) is 1. The molecule has 6 heteroatoms. The number of hydrogen-bond acceptors (Lipinski definition) is 5. The standard InChI is InChI=1S/C20H23NO5/c1-24-12-11-21-19(22)14-26-20(23)15-25-18-10-6-5-9-17(18)13-16-7-3-2-4-8-16/h2-10H,11-15H2,1H3,(H,21,22). The minimum Gasteiger partial charge on any atom is -0.482 e. The second-order valence-corrected chi connectivity index (χ2v) is 5.56. The Morgan fingerprint density at radius 2 is 1.69 bits per heavy atom. The Balaban J connectivity index is 1.80. The summed E-state index contributed by atoms with van der Waals surface area (Å²) in [6.07, 6.45) is 0.702. The van der Waals surface area contributed by atoms with E-state index in [-0.39, 0.29) is 19.1 Å². The van der Waals surface area contributed by atoms with E-state index in [1.807, 2.05) is 54.6 Å². The van der Waals surface area contributed by atoms with Crippen LogP contribution in [0.2, 0.25) is 0 Å². The molecule has 1 N–H and O–H groups in total. The van der Waals surface area contributed by atoms with Gasteiger partial charge in [0.15, 0.2) is 13.2 Å². The maximum absolute atomic E-state index is 11.8. The monoisotopic (exact) mass is 357 g/mol. The van der Waals surface area contributed by atoms with Gasteiger partial charge in [-0.2, -0.15) is 0 Å². The van der Waals surface area contributed by atoms with E-state index in [1.54, 1.807) is 7.11 Å². The van der Waals surface area contributed by atoms with Gasteiger partial charge in [0.2, 0.25) is 0 Å². The molecule has 0 heterocycles. The molecule has 2 aromatic carbocycles. The first-order chi connectivity index (χ1) is 12.7. The van der Waals surface area contributed by atoms with E-state index in [9.17, 15) is 9.59 Å². The quantitative estimate of drug-likeness (QED) is 0.520. The zero-order chi connectivity index (χ0) is 18.6. The van der Waals surface area contributed by atoms with E-state index in [0.29, 0.717) is 25.3 Å². The third kappa shape index (κ3) is 6.94. The number of esters is 1. The lowest BCUT2D eigenvalue weighted by Crippen LogP contribution is -2.32. The molecule has 0 aliphatic rings. The van der Waals surface area contributed by atoms with Gasteiger partial charge in [-0.05, 0) is 17.2 Å². The van der Waals surface area contributed by atoms with Gasteiger partial charge >= 0.3 is 5.97 Å². The summed E-state index contributed by atoms with van der Waals surface area (Å²) in [5.74, 6) is -0.348. The first kappa shape index (κ1) is 19.5. The number of benzene rings is 2. The summed E-state index contributed by atoms with van der Waals surface area (Å²) in [4.78, 5) is 23.2. The Morgan fingerprint density at radius 1 is 0.962 bits per heavy atom. The van der Waals surface area contributed by atoms with Crippen LogP contribution in [-0.2, 0) is 25.5 Å². The Bertz CT molecular complexity index is 702. The second-order valence-electron chi connectivity index (χ2n) is 5.56. The van der Waals surface area contributed by atoms with Crippen molar-refractivity contribution in [1.29, 1.82) is 0 Å². The van der Waals surface area contributed by atoms with Crippen molar-refractivity contribution in [3.8, 4) is 5.75 Å². The van der Waals surface area contributed by atoms with Gasteiger partial charge in [0, 0.05) is 20.1 Å². The molecule has 0 radical (unpaired) electrons. The molecule has 0 aliphatic heterocycles. The molecule has 0 atom stereocenters. The fourth-order valence-corrected chi connectivity index (χ4v) is 2.27. The van der Waals surface area contributed by atoms with Crippen LogP contribution in [0.4, 0.5) is 0 Å². The maximum atomic E-state index is 11.8. The number of nitrogens with one attached hydrogen (secondary N) is 1. The highest BCUT2D eigenvalue weighted by Gasteiger charge is 2.10.